The monoisotopic (exact) mass is 600 g/mol. The topological polar surface area (TPSA) is 92.7 Å². The van der Waals surface area contributed by atoms with Crippen molar-refractivity contribution in [1.29, 1.82) is 0 Å². The van der Waals surface area contributed by atoms with Gasteiger partial charge in [-0.25, -0.2) is 8.42 Å². The third kappa shape index (κ3) is 7.07. The SMILES string of the molecule is FC(F)(F)COc1ccc([S+]2CCCC2)c2ccccc12.O=C(OCCS(=O)(=O)[O-])C12CC3CC(CC(C3)C1)C2. The largest absolute Gasteiger partial charge is 0.748 e. The predicted molar refractivity (Wildman–Crippen MR) is 146 cm³/mol. The summed E-state index contributed by atoms with van der Waals surface area (Å²) in [5.41, 5.74) is -0.374. The van der Waals surface area contributed by atoms with Crippen molar-refractivity contribution in [2.24, 2.45) is 23.2 Å². The first-order valence-electron chi connectivity index (χ1n) is 13.9. The molecule has 0 atom stereocenters. The highest BCUT2D eigenvalue weighted by atomic mass is 32.2. The molecule has 0 spiro atoms. The Labute approximate surface area is 236 Å². The van der Waals surface area contributed by atoms with Gasteiger partial charge in [0.1, 0.15) is 23.9 Å². The van der Waals surface area contributed by atoms with Gasteiger partial charge in [0.2, 0.25) is 0 Å². The third-order valence-electron chi connectivity index (χ3n) is 8.62. The summed E-state index contributed by atoms with van der Waals surface area (Å²) in [5, 5.41) is 1.81. The molecule has 6 nitrogen and oxygen atoms in total. The molecule has 4 bridgehead atoms. The van der Waals surface area contributed by atoms with Gasteiger partial charge in [-0.15, -0.1) is 0 Å². The summed E-state index contributed by atoms with van der Waals surface area (Å²) in [7, 11) is -4.08. The minimum atomic E-state index is -4.31. The molecule has 1 heterocycles. The summed E-state index contributed by atoms with van der Waals surface area (Å²) in [6, 6.07) is 11.2. The lowest BCUT2D eigenvalue weighted by molar-refractivity contribution is -0.170. The van der Waals surface area contributed by atoms with Crippen LogP contribution in [-0.4, -0.2) is 55.6 Å². The average Bonchev–Trinajstić information content (AvgIpc) is 3.40. The maximum absolute atomic E-state index is 12.3. The molecule has 0 unspecified atom stereocenters. The van der Waals surface area contributed by atoms with Crippen molar-refractivity contribution in [3.05, 3.63) is 36.4 Å². The number of ether oxygens (including phenoxy) is 2. The maximum Gasteiger partial charge on any atom is 0.422 e. The Morgan fingerprint density at radius 3 is 2.08 bits per heavy atom. The molecule has 1 saturated heterocycles. The number of alkyl halides is 3. The first kappa shape index (κ1) is 29.5. The highest BCUT2D eigenvalue weighted by Gasteiger charge is 2.55. The molecule has 4 aliphatic carbocycles. The molecule has 11 heteroatoms. The molecule has 5 fully saturated rings. The van der Waals surface area contributed by atoms with Gasteiger partial charge in [-0.2, -0.15) is 13.2 Å². The molecule has 4 saturated carbocycles. The van der Waals surface area contributed by atoms with Crippen LogP contribution in [0.25, 0.3) is 10.8 Å². The van der Waals surface area contributed by atoms with Crippen LogP contribution < -0.4 is 4.74 Å². The first-order valence-corrected chi connectivity index (χ1v) is 17.0. The second-order valence-electron chi connectivity index (χ2n) is 11.7. The van der Waals surface area contributed by atoms with Crippen LogP contribution in [0.3, 0.4) is 0 Å². The van der Waals surface area contributed by atoms with Crippen LogP contribution in [0.2, 0.25) is 0 Å². The highest BCUT2D eigenvalue weighted by molar-refractivity contribution is 7.97. The van der Waals surface area contributed by atoms with E-state index in [0.29, 0.717) is 23.5 Å². The van der Waals surface area contributed by atoms with Gasteiger partial charge in [0.05, 0.1) is 21.3 Å². The van der Waals surface area contributed by atoms with Crippen LogP contribution in [0.15, 0.2) is 41.3 Å². The van der Waals surface area contributed by atoms with Crippen molar-refractivity contribution in [2.45, 2.75) is 62.4 Å². The van der Waals surface area contributed by atoms with Gasteiger partial charge in [0.15, 0.2) is 11.5 Å². The summed E-state index contributed by atoms with van der Waals surface area (Å²) in [5.74, 6) is 3.72. The van der Waals surface area contributed by atoms with E-state index in [1.165, 1.54) is 48.5 Å². The van der Waals surface area contributed by atoms with Crippen LogP contribution in [0.5, 0.6) is 5.75 Å². The summed E-state index contributed by atoms with van der Waals surface area (Å²) >= 11 is 0. The second-order valence-corrected chi connectivity index (χ2v) is 15.5. The number of benzene rings is 2. The van der Waals surface area contributed by atoms with Crippen LogP contribution in [0.4, 0.5) is 13.2 Å². The van der Waals surface area contributed by atoms with Crippen molar-refractivity contribution in [3.8, 4) is 5.75 Å². The van der Waals surface area contributed by atoms with Gasteiger partial charge < -0.3 is 14.0 Å². The van der Waals surface area contributed by atoms with Gasteiger partial charge in [-0.1, -0.05) is 18.2 Å². The van der Waals surface area contributed by atoms with Crippen molar-refractivity contribution >= 4 is 37.8 Å². The molecule has 1 aliphatic heterocycles. The van der Waals surface area contributed by atoms with E-state index >= 15 is 0 Å². The summed E-state index contributed by atoms with van der Waals surface area (Å²) in [6.45, 7) is -1.55. The van der Waals surface area contributed by atoms with Crippen LogP contribution >= 0.6 is 0 Å². The highest BCUT2D eigenvalue weighted by Crippen LogP contribution is 2.60. The molecule has 0 amide bonds. The first-order chi connectivity index (χ1) is 18.9. The second kappa shape index (κ2) is 11.7. The van der Waals surface area contributed by atoms with Gasteiger partial charge >= 0.3 is 12.1 Å². The predicted octanol–water partition coefficient (Wildman–Crippen LogP) is 5.84. The van der Waals surface area contributed by atoms with Gasteiger partial charge in [0.25, 0.3) is 0 Å². The quantitative estimate of drug-likeness (QED) is 0.225. The number of hydrogen-bond acceptors (Lipinski definition) is 6. The summed E-state index contributed by atoms with van der Waals surface area (Å²) < 4.78 is 78.6. The van der Waals surface area contributed by atoms with Crippen molar-refractivity contribution in [2.75, 3.05) is 30.5 Å². The Morgan fingerprint density at radius 1 is 0.950 bits per heavy atom. The molecule has 7 rings (SSSR count). The average molecular weight is 601 g/mol. The van der Waals surface area contributed by atoms with Crippen LogP contribution in [0.1, 0.15) is 51.4 Å². The van der Waals surface area contributed by atoms with E-state index in [9.17, 15) is 30.9 Å². The number of carbonyl (C=O) groups is 1. The van der Waals surface area contributed by atoms with E-state index < -0.39 is 28.7 Å². The maximum atomic E-state index is 12.3. The molecule has 40 heavy (non-hydrogen) atoms. The zero-order chi connectivity index (χ0) is 28.5. The normalized spacial score (nSPS) is 27.9. The number of esters is 1. The summed E-state index contributed by atoms with van der Waals surface area (Å²) in [4.78, 5) is 13.5. The van der Waals surface area contributed by atoms with E-state index in [1.54, 1.807) is 6.07 Å². The fourth-order valence-electron chi connectivity index (χ4n) is 7.41. The molecule has 2 aromatic carbocycles. The van der Waals surface area contributed by atoms with E-state index in [1.807, 2.05) is 30.3 Å². The molecule has 0 aromatic heterocycles. The molecule has 0 N–H and O–H groups in total. The summed E-state index contributed by atoms with van der Waals surface area (Å²) in [6.07, 6.45) is 4.55. The molecule has 5 aliphatic rings. The molecular weight excluding hydrogens is 565 g/mol. The lowest BCUT2D eigenvalue weighted by Crippen LogP contribution is -2.50. The van der Waals surface area contributed by atoms with Gasteiger partial charge in [-0.05, 0) is 87.3 Å². The number of carbonyl (C=O) groups excluding carboxylic acids is 1. The standard InChI is InChI=1S/C16H16F3OS.C13H20O5S/c17-16(18,19)11-20-14-7-8-15(21-9-3-4-10-21)13-6-2-1-5-12(13)14;14-12(18-1-2-19(15,16)17)13-6-9-3-10(7-13)5-11(4-9)8-13/h1-2,5-8H,3-4,9-11H2;9-11H,1-8H2,(H,15,16,17)/q+1;/p-1. The smallest absolute Gasteiger partial charge is 0.422 e. The van der Waals surface area contributed by atoms with E-state index in [0.717, 1.165) is 30.0 Å². The van der Waals surface area contributed by atoms with E-state index in [2.05, 4.69) is 0 Å². The van der Waals surface area contributed by atoms with Gasteiger partial charge in [0, 0.05) is 21.7 Å². The molecule has 2 aromatic rings. The number of hydrogen-bond donors (Lipinski definition) is 0. The Morgan fingerprint density at radius 2 is 1.52 bits per heavy atom. The Bertz CT molecular complexity index is 1290. The Hall–Kier alpha value is -1.98. The molecule has 220 valence electrons. The Kier molecular flexibility index (Phi) is 8.65. The van der Waals surface area contributed by atoms with Crippen molar-refractivity contribution < 1.29 is 40.4 Å². The molecule has 0 radical (unpaired) electrons. The Balaban J connectivity index is 0.000000162. The number of rotatable bonds is 7. The third-order valence-corrected chi connectivity index (χ3v) is 11.8. The van der Waals surface area contributed by atoms with Crippen molar-refractivity contribution in [1.82, 2.24) is 0 Å². The zero-order valence-corrected chi connectivity index (χ0v) is 23.9. The van der Waals surface area contributed by atoms with Gasteiger partial charge in [-0.3, -0.25) is 4.79 Å². The lowest BCUT2D eigenvalue weighted by Gasteiger charge is -2.55. The van der Waals surface area contributed by atoms with E-state index in [-0.39, 0.29) is 28.9 Å². The van der Waals surface area contributed by atoms with Crippen molar-refractivity contribution in [3.63, 3.8) is 0 Å². The fourth-order valence-corrected chi connectivity index (χ4v) is 10.2. The lowest BCUT2D eigenvalue weighted by atomic mass is 9.49. The van der Waals surface area contributed by atoms with E-state index in [4.69, 9.17) is 9.47 Å². The molecular formula is C29H35F3O6S2. The number of fused-ring (bicyclic) bond motifs is 1. The minimum absolute atomic E-state index is 0.228. The van der Waals surface area contributed by atoms with Crippen LogP contribution in [0, 0.1) is 23.2 Å². The van der Waals surface area contributed by atoms with Crippen LogP contribution in [-0.2, 0) is 30.5 Å². The minimum Gasteiger partial charge on any atom is -0.748 e. The fraction of sp³-hybridized carbons (Fsp3) is 0.621. The zero-order valence-electron chi connectivity index (χ0n) is 22.3. The number of halogens is 3.